The minimum absolute atomic E-state index is 0.0640. The van der Waals surface area contributed by atoms with E-state index in [9.17, 15) is 4.79 Å². The number of nitrogens with zero attached hydrogens (tertiary/aromatic N) is 3. The van der Waals surface area contributed by atoms with Crippen LogP contribution in [0.2, 0.25) is 10.0 Å². The third-order valence-electron chi connectivity index (χ3n) is 5.05. The van der Waals surface area contributed by atoms with Gasteiger partial charge in [0, 0.05) is 23.7 Å². The second kappa shape index (κ2) is 10.0. The number of amides is 1. The van der Waals surface area contributed by atoms with Crippen molar-refractivity contribution in [3.8, 4) is 17.1 Å². The zero-order chi connectivity index (χ0) is 21.8. The second-order valence-electron chi connectivity index (χ2n) is 7.28. The van der Waals surface area contributed by atoms with Crippen LogP contribution in [0.5, 0.6) is 0 Å². The van der Waals surface area contributed by atoms with Gasteiger partial charge in [-0.2, -0.15) is 0 Å². The maximum atomic E-state index is 12.4. The molecule has 162 valence electrons. The molecule has 1 atom stereocenters. The Labute approximate surface area is 195 Å². The Balaban J connectivity index is 1.59. The van der Waals surface area contributed by atoms with Gasteiger partial charge >= 0.3 is 0 Å². The summed E-state index contributed by atoms with van der Waals surface area (Å²) in [5.41, 5.74) is 2.70. The lowest BCUT2D eigenvalue weighted by Crippen LogP contribution is -2.32. The minimum atomic E-state index is -0.0640. The third kappa shape index (κ3) is 5.23. The average molecular weight is 477 g/mol. The van der Waals surface area contributed by atoms with Crippen molar-refractivity contribution < 1.29 is 9.53 Å². The highest BCUT2D eigenvalue weighted by atomic mass is 35.5. The van der Waals surface area contributed by atoms with Crippen LogP contribution in [-0.4, -0.2) is 45.7 Å². The van der Waals surface area contributed by atoms with Crippen molar-refractivity contribution in [2.24, 2.45) is 0 Å². The number of benzene rings is 2. The molecule has 1 aliphatic rings. The Morgan fingerprint density at radius 1 is 1.26 bits per heavy atom. The molecule has 1 aromatic heterocycles. The number of hydrogen-bond acceptors (Lipinski definition) is 5. The van der Waals surface area contributed by atoms with Gasteiger partial charge in [0.15, 0.2) is 11.0 Å². The lowest BCUT2D eigenvalue weighted by Gasteiger charge is -2.14. The Morgan fingerprint density at radius 2 is 2.10 bits per heavy atom. The summed E-state index contributed by atoms with van der Waals surface area (Å²) in [6.45, 7) is 3.33. The average Bonchev–Trinajstić information content (AvgIpc) is 3.41. The number of aryl methyl sites for hydroxylation is 1. The molecule has 31 heavy (non-hydrogen) atoms. The largest absolute Gasteiger partial charge is 0.376 e. The molecule has 1 aliphatic heterocycles. The molecule has 0 radical (unpaired) electrons. The van der Waals surface area contributed by atoms with Gasteiger partial charge in [0.05, 0.1) is 22.6 Å². The summed E-state index contributed by atoms with van der Waals surface area (Å²) in [6.07, 6.45) is 2.15. The molecule has 9 heteroatoms. The number of para-hydroxylation sites is 1. The molecule has 6 nitrogen and oxygen atoms in total. The normalized spacial score (nSPS) is 15.9. The van der Waals surface area contributed by atoms with Crippen molar-refractivity contribution >= 4 is 40.9 Å². The fraction of sp³-hybridized carbons (Fsp3) is 0.318. The van der Waals surface area contributed by atoms with Gasteiger partial charge in [-0.05, 0) is 49.6 Å². The number of halogens is 2. The number of carbonyl (C=O) groups is 1. The summed E-state index contributed by atoms with van der Waals surface area (Å²) in [6, 6.07) is 13.2. The highest BCUT2D eigenvalue weighted by Crippen LogP contribution is 2.34. The summed E-state index contributed by atoms with van der Waals surface area (Å²) < 4.78 is 7.49. The quantitative estimate of drug-likeness (QED) is 0.489. The van der Waals surface area contributed by atoms with Crippen molar-refractivity contribution in [3.05, 3.63) is 58.1 Å². The van der Waals surface area contributed by atoms with E-state index < -0.39 is 0 Å². The first kappa shape index (κ1) is 22.1. The fourth-order valence-corrected chi connectivity index (χ4v) is 4.72. The number of nitrogens with one attached hydrogen (secondary N) is 1. The molecule has 0 saturated carbocycles. The molecule has 1 amide bonds. The van der Waals surface area contributed by atoms with E-state index in [1.165, 1.54) is 11.8 Å². The standard InChI is InChI=1S/C22H22Cl2N4O2S/c1-14-5-2-3-7-19(14)28-21(17-9-8-15(23)11-18(17)24)26-27-22(28)31-13-20(29)25-12-16-6-4-10-30-16/h2-3,5,7-9,11,16H,4,6,10,12-13H2,1H3,(H,25,29). The van der Waals surface area contributed by atoms with Gasteiger partial charge in [-0.15, -0.1) is 10.2 Å². The van der Waals surface area contributed by atoms with Crippen molar-refractivity contribution in [1.82, 2.24) is 20.1 Å². The smallest absolute Gasteiger partial charge is 0.230 e. The molecule has 2 heterocycles. The highest BCUT2D eigenvalue weighted by Gasteiger charge is 2.21. The number of carbonyl (C=O) groups excluding carboxylic acids is 1. The lowest BCUT2D eigenvalue weighted by molar-refractivity contribution is -0.119. The van der Waals surface area contributed by atoms with Crippen LogP contribution in [0, 0.1) is 6.92 Å². The molecule has 0 spiro atoms. The molecule has 1 saturated heterocycles. The van der Waals surface area contributed by atoms with Gasteiger partial charge in [-0.25, -0.2) is 0 Å². The van der Waals surface area contributed by atoms with E-state index in [1.54, 1.807) is 12.1 Å². The first-order chi connectivity index (χ1) is 15.0. The molecule has 2 aromatic carbocycles. The van der Waals surface area contributed by atoms with Crippen LogP contribution in [0.15, 0.2) is 47.6 Å². The number of ether oxygens (including phenoxy) is 1. The Bertz CT molecular complexity index is 1080. The molecular weight excluding hydrogens is 455 g/mol. The maximum absolute atomic E-state index is 12.4. The molecular formula is C22H22Cl2N4O2S. The summed E-state index contributed by atoms with van der Waals surface area (Å²) in [5.74, 6) is 0.759. The third-order valence-corrected chi connectivity index (χ3v) is 6.52. The molecule has 1 unspecified atom stereocenters. The number of rotatable bonds is 7. The molecule has 1 fully saturated rings. The predicted octanol–water partition coefficient (Wildman–Crippen LogP) is 4.94. The highest BCUT2D eigenvalue weighted by molar-refractivity contribution is 7.99. The summed E-state index contributed by atoms with van der Waals surface area (Å²) in [7, 11) is 0. The number of aromatic nitrogens is 3. The van der Waals surface area contributed by atoms with Crippen molar-refractivity contribution in [2.45, 2.75) is 31.0 Å². The van der Waals surface area contributed by atoms with Gasteiger partial charge in [0.1, 0.15) is 0 Å². The van der Waals surface area contributed by atoms with Crippen LogP contribution in [0.1, 0.15) is 18.4 Å². The predicted molar refractivity (Wildman–Crippen MR) is 124 cm³/mol. The number of thioether (sulfide) groups is 1. The zero-order valence-electron chi connectivity index (χ0n) is 17.0. The van der Waals surface area contributed by atoms with Crippen LogP contribution in [-0.2, 0) is 9.53 Å². The molecule has 3 aromatic rings. The Kier molecular flexibility index (Phi) is 7.17. The van der Waals surface area contributed by atoms with Crippen molar-refractivity contribution in [2.75, 3.05) is 18.9 Å². The Hall–Kier alpha value is -2.06. The van der Waals surface area contributed by atoms with E-state index in [2.05, 4.69) is 15.5 Å². The molecule has 4 rings (SSSR count). The van der Waals surface area contributed by atoms with Crippen LogP contribution in [0.4, 0.5) is 0 Å². The van der Waals surface area contributed by atoms with Gasteiger partial charge < -0.3 is 10.1 Å². The van der Waals surface area contributed by atoms with E-state index in [0.717, 1.165) is 36.3 Å². The van der Waals surface area contributed by atoms with Gasteiger partial charge in [-0.1, -0.05) is 53.2 Å². The van der Waals surface area contributed by atoms with Crippen LogP contribution >= 0.6 is 35.0 Å². The Morgan fingerprint density at radius 3 is 2.84 bits per heavy atom. The van der Waals surface area contributed by atoms with E-state index in [4.69, 9.17) is 27.9 Å². The van der Waals surface area contributed by atoms with Crippen molar-refractivity contribution in [1.29, 1.82) is 0 Å². The molecule has 0 bridgehead atoms. The van der Waals surface area contributed by atoms with Gasteiger partial charge in [0.25, 0.3) is 0 Å². The van der Waals surface area contributed by atoms with E-state index in [-0.39, 0.29) is 17.8 Å². The maximum Gasteiger partial charge on any atom is 0.230 e. The zero-order valence-corrected chi connectivity index (χ0v) is 19.3. The SMILES string of the molecule is Cc1ccccc1-n1c(SCC(=O)NCC2CCCO2)nnc1-c1ccc(Cl)cc1Cl. The molecule has 1 N–H and O–H groups in total. The monoisotopic (exact) mass is 476 g/mol. The van der Waals surface area contributed by atoms with Crippen molar-refractivity contribution in [3.63, 3.8) is 0 Å². The lowest BCUT2D eigenvalue weighted by atomic mass is 10.1. The van der Waals surface area contributed by atoms with Gasteiger partial charge in [0.2, 0.25) is 5.91 Å². The second-order valence-corrected chi connectivity index (χ2v) is 9.07. The topological polar surface area (TPSA) is 69.0 Å². The summed E-state index contributed by atoms with van der Waals surface area (Å²) in [4.78, 5) is 12.4. The van der Waals surface area contributed by atoms with E-state index in [1.807, 2.05) is 41.8 Å². The molecule has 0 aliphatic carbocycles. The van der Waals surface area contributed by atoms with E-state index >= 15 is 0 Å². The summed E-state index contributed by atoms with van der Waals surface area (Å²) >= 11 is 13.9. The number of hydrogen-bond donors (Lipinski definition) is 1. The fourth-order valence-electron chi connectivity index (χ4n) is 3.45. The van der Waals surface area contributed by atoms with Crippen LogP contribution in [0.3, 0.4) is 0 Å². The van der Waals surface area contributed by atoms with Gasteiger partial charge in [-0.3, -0.25) is 9.36 Å². The first-order valence-corrected chi connectivity index (χ1v) is 11.7. The van der Waals surface area contributed by atoms with Crippen LogP contribution < -0.4 is 5.32 Å². The van der Waals surface area contributed by atoms with Crippen LogP contribution in [0.25, 0.3) is 17.1 Å². The summed E-state index contributed by atoms with van der Waals surface area (Å²) in [5, 5.41) is 13.3. The minimum Gasteiger partial charge on any atom is -0.376 e. The van der Waals surface area contributed by atoms with E-state index in [0.29, 0.717) is 27.6 Å². The first-order valence-electron chi connectivity index (χ1n) is 10.0.